The first-order valence-electron chi connectivity index (χ1n) is 5.78. The van der Waals surface area contributed by atoms with E-state index in [2.05, 4.69) is 10.3 Å². The fourth-order valence-electron chi connectivity index (χ4n) is 1.70. The maximum absolute atomic E-state index is 12.1. The number of amides is 1. The molecule has 1 N–H and O–H groups in total. The highest BCUT2D eigenvalue weighted by Crippen LogP contribution is 2.27. The van der Waals surface area contributed by atoms with E-state index in [0.717, 1.165) is 0 Å². The zero-order valence-electron chi connectivity index (χ0n) is 10.9. The van der Waals surface area contributed by atoms with E-state index in [0.29, 0.717) is 27.7 Å². The second-order valence-corrected chi connectivity index (χ2v) is 4.92. The Kier molecular flexibility index (Phi) is 4.47. The maximum atomic E-state index is 12.1. The largest absolute Gasteiger partial charge is 0.495 e. The lowest BCUT2D eigenvalue weighted by atomic mass is 10.2. The van der Waals surface area contributed by atoms with Crippen LogP contribution in [0, 0.1) is 6.92 Å². The summed E-state index contributed by atoms with van der Waals surface area (Å²) >= 11 is 11.8. The summed E-state index contributed by atoms with van der Waals surface area (Å²) in [6, 6.07) is 8.17. The SMILES string of the molecule is COc1cc(NC(=O)c2cc(C)nc(Cl)c2)ccc1Cl. The molecule has 6 heteroatoms. The maximum Gasteiger partial charge on any atom is 0.255 e. The summed E-state index contributed by atoms with van der Waals surface area (Å²) in [5.74, 6) is 0.218. The molecule has 0 unspecified atom stereocenters. The van der Waals surface area contributed by atoms with Crippen molar-refractivity contribution in [3.63, 3.8) is 0 Å². The standard InChI is InChI=1S/C14H12Cl2N2O2/c1-8-5-9(6-13(16)17-8)14(19)18-10-3-4-11(15)12(7-10)20-2/h3-7H,1-2H3,(H,18,19). The van der Waals surface area contributed by atoms with Crippen molar-refractivity contribution in [2.24, 2.45) is 0 Å². The van der Waals surface area contributed by atoms with Gasteiger partial charge < -0.3 is 10.1 Å². The number of benzene rings is 1. The van der Waals surface area contributed by atoms with Gasteiger partial charge in [-0.1, -0.05) is 23.2 Å². The van der Waals surface area contributed by atoms with Crippen LogP contribution in [0.25, 0.3) is 0 Å². The van der Waals surface area contributed by atoms with Crippen LogP contribution in [0.3, 0.4) is 0 Å². The van der Waals surface area contributed by atoms with Gasteiger partial charge in [0.05, 0.1) is 12.1 Å². The summed E-state index contributed by atoms with van der Waals surface area (Å²) in [5.41, 5.74) is 1.70. The van der Waals surface area contributed by atoms with Crippen molar-refractivity contribution in [1.82, 2.24) is 4.98 Å². The van der Waals surface area contributed by atoms with Gasteiger partial charge in [0.15, 0.2) is 0 Å². The molecule has 2 rings (SSSR count). The predicted molar refractivity (Wildman–Crippen MR) is 79.9 cm³/mol. The van der Waals surface area contributed by atoms with E-state index < -0.39 is 0 Å². The minimum atomic E-state index is -0.276. The van der Waals surface area contributed by atoms with Gasteiger partial charge in [0.25, 0.3) is 5.91 Å². The fourth-order valence-corrected chi connectivity index (χ4v) is 2.15. The third-order valence-corrected chi connectivity index (χ3v) is 3.10. The van der Waals surface area contributed by atoms with E-state index in [1.807, 2.05) is 0 Å². The van der Waals surface area contributed by atoms with Crippen molar-refractivity contribution in [3.8, 4) is 5.75 Å². The number of hydrogen-bond donors (Lipinski definition) is 1. The van der Waals surface area contributed by atoms with Crippen molar-refractivity contribution in [2.75, 3.05) is 12.4 Å². The van der Waals surface area contributed by atoms with E-state index in [-0.39, 0.29) is 11.1 Å². The summed E-state index contributed by atoms with van der Waals surface area (Å²) in [6.45, 7) is 1.77. The molecule has 2 aromatic rings. The van der Waals surface area contributed by atoms with Gasteiger partial charge in [-0.2, -0.15) is 0 Å². The topological polar surface area (TPSA) is 51.2 Å². The zero-order valence-corrected chi connectivity index (χ0v) is 12.4. The van der Waals surface area contributed by atoms with Gasteiger partial charge in [-0.05, 0) is 31.2 Å². The Bertz CT molecular complexity index is 639. The minimum absolute atomic E-state index is 0.276. The molecule has 0 aliphatic carbocycles. The zero-order chi connectivity index (χ0) is 14.7. The van der Waals surface area contributed by atoms with Gasteiger partial charge in [0.1, 0.15) is 10.9 Å². The number of anilines is 1. The minimum Gasteiger partial charge on any atom is -0.495 e. The van der Waals surface area contributed by atoms with E-state index in [9.17, 15) is 4.79 Å². The summed E-state index contributed by atoms with van der Waals surface area (Å²) in [5, 5.41) is 3.51. The molecule has 0 saturated carbocycles. The highest BCUT2D eigenvalue weighted by Gasteiger charge is 2.10. The van der Waals surface area contributed by atoms with Crippen LogP contribution in [0.15, 0.2) is 30.3 Å². The average molecular weight is 311 g/mol. The number of rotatable bonds is 3. The van der Waals surface area contributed by atoms with Crippen LogP contribution in [0.4, 0.5) is 5.69 Å². The first-order valence-corrected chi connectivity index (χ1v) is 6.54. The third-order valence-electron chi connectivity index (χ3n) is 2.59. The normalized spacial score (nSPS) is 10.2. The van der Waals surface area contributed by atoms with Crippen LogP contribution in [0.5, 0.6) is 5.75 Å². The Hall–Kier alpha value is -1.78. The second kappa shape index (κ2) is 6.11. The molecular formula is C14H12Cl2N2O2. The summed E-state index contributed by atoms with van der Waals surface area (Å²) in [4.78, 5) is 16.1. The summed E-state index contributed by atoms with van der Waals surface area (Å²) in [6.07, 6.45) is 0. The molecule has 0 fully saturated rings. The Labute approximate surface area is 126 Å². The highest BCUT2D eigenvalue weighted by molar-refractivity contribution is 6.32. The number of carbonyl (C=O) groups is 1. The number of pyridine rings is 1. The lowest BCUT2D eigenvalue weighted by Gasteiger charge is -2.09. The first-order chi connectivity index (χ1) is 9.49. The van der Waals surface area contributed by atoms with E-state index in [1.165, 1.54) is 13.2 Å². The van der Waals surface area contributed by atoms with Gasteiger partial charge in [-0.3, -0.25) is 4.79 Å². The van der Waals surface area contributed by atoms with Crippen LogP contribution >= 0.6 is 23.2 Å². The van der Waals surface area contributed by atoms with Crippen molar-refractivity contribution < 1.29 is 9.53 Å². The smallest absolute Gasteiger partial charge is 0.255 e. The molecule has 0 aliphatic heterocycles. The second-order valence-electron chi connectivity index (χ2n) is 4.12. The van der Waals surface area contributed by atoms with Gasteiger partial charge in [0, 0.05) is 23.0 Å². The molecule has 0 radical (unpaired) electrons. The van der Waals surface area contributed by atoms with Gasteiger partial charge in [-0.15, -0.1) is 0 Å². The molecular weight excluding hydrogens is 299 g/mol. The molecule has 1 aromatic heterocycles. The molecule has 1 aromatic carbocycles. The first kappa shape index (κ1) is 14.6. The number of halogens is 2. The van der Waals surface area contributed by atoms with Crippen molar-refractivity contribution in [2.45, 2.75) is 6.92 Å². The van der Waals surface area contributed by atoms with Crippen LogP contribution in [0.2, 0.25) is 10.2 Å². The van der Waals surface area contributed by atoms with Gasteiger partial charge >= 0.3 is 0 Å². The molecule has 0 spiro atoms. The molecule has 104 valence electrons. The van der Waals surface area contributed by atoms with Gasteiger partial charge in [-0.25, -0.2) is 4.98 Å². The van der Waals surface area contributed by atoms with E-state index >= 15 is 0 Å². The lowest BCUT2D eigenvalue weighted by molar-refractivity contribution is 0.102. The Morgan fingerprint density at radius 1 is 1.25 bits per heavy atom. The van der Waals surface area contributed by atoms with Gasteiger partial charge in [0.2, 0.25) is 0 Å². The molecule has 0 atom stereocenters. The van der Waals surface area contributed by atoms with E-state index in [1.54, 1.807) is 31.2 Å². The lowest BCUT2D eigenvalue weighted by Crippen LogP contribution is -2.12. The predicted octanol–water partition coefficient (Wildman–Crippen LogP) is 3.96. The number of aryl methyl sites for hydroxylation is 1. The fraction of sp³-hybridized carbons (Fsp3) is 0.143. The number of hydrogen-bond acceptors (Lipinski definition) is 3. The number of carbonyl (C=O) groups excluding carboxylic acids is 1. The molecule has 1 heterocycles. The highest BCUT2D eigenvalue weighted by atomic mass is 35.5. The number of ether oxygens (including phenoxy) is 1. The summed E-state index contributed by atoms with van der Waals surface area (Å²) < 4.78 is 5.10. The monoisotopic (exact) mass is 310 g/mol. The quantitative estimate of drug-likeness (QED) is 0.873. The Balaban J connectivity index is 2.23. The molecule has 1 amide bonds. The Morgan fingerprint density at radius 2 is 2.00 bits per heavy atom. The summed E-state index contributed by atoms with van der Waals surface area (Å²) in [7, 11) is 1.51. The van der Waals surface area contributed by atoms with E-state index in [4.69, 9.17) is 27.9 Å². The number of methoxy groups -OCH3 is 1. The van der Waals surface area contributed by atoms with Crippen molar-refractivity contribution in [3.05, 3.63) is 51.8 Å². The molecule has 4 nitrogen and oxygen atoms in total. The van der Waals surface area contributed by atoms with Crippen molar-refractivity contribution in [1.29, 1.82) is 0 Å². The Morgan fingerprint density at radius 3 is 2.65 bits per heavy atom. The van der Waals surface area contributed by atoms with Crippen LogP contribution in [0.1, 0.15) is 16.1 Å². The average Bonchev–Trinajstić information content (AvgIpc) is 2.39. The molecule has 20 heavy (non-hydrogen) atoms. The van der Waals surface area contributed by atoms with Crippen LogP contribution in [-0.2, 0) is 0 Å². The molecule has 0 saturated heterocycles. The third kappa shape index (κ3) is 3.40. The number of nitrogens with one attached hydrogen (secondary N) is 1. The van der Waals surface area contributed by atoms with Crippen LogP contribution in [-0.4, -0.2) is 18.0 Å². The number of nitrogens with zero attached hydrogens (tertiary/aromatic N) is 1. The van der Waals surface area contributed by atoms with Crippen molar-refractivity contribution >= 4 is 34.8 Å². The molecule has 0 bridgehead atoms. The van der Waals surface area contributed by atoms with Crippen LogP contribution < -0.4 is 10.1 Å². The number of aromatic nitrogens is 1. The molecule has 0 aliphatic rings.